The van der Waals surface area contributed by atoms with Crippen molar-refractivity contribution in [3.8, 4) is 0 Å². The lowest BCUT2D eigenvalue weighted by molar-refractivity contribution is -0.123. The molecule has 0 radical (unpaired) electrons. The van der Waals surface area contributed by atoms with Gasteiger partial charge in [0.25, 0.3) is 0 Å². The van der Waals surface area contributed by atoms with Crippen LogP contribution in [0.25, 0.3) is 10.2 Å². The molecule has 158 valence electrons. The van der Waals surface area contributed by atoms with Crippen molar-refractivity contribution in [3.63, 3.8) is 0 Å². The summed E-state index contributed by atoms with van der Waals surface area (Å²) >= 11 is 1.28. The van der Waals surface area contributed by atoms with Gasteiger partial charge >= 0.3 is 0 Å². The molecule has 0 bridgehead atoms. The Morgan fingerprint density at radius 2 is 1.90 bits per heavy atom. The molecule has 0 saturated carbocycles. The van der Waals surface area contributed by atoms with Crippen LogP contribution in [-0.4, -0.2) is 43.0 Å². The summed E-state index contributed by atoms with van der Waals surface area (Å²) in [4.78, 5) is 19.7. The van der Waals surface area contributed by atoms with Crippen LogP contribution in [0.1, 0.15) is 18.4 Å². The molecule has 0 aliphatic carbocycles. The van der Waals surface area contributed by atoms with Crippen molar-refractivity contribution < 1.29 is 17.6 Å². The largest absolute Gasteiger partial charge is 0.283 e. The normalized spacial score (nSPS) is 16.1. The first kappa shape index (κ1) is 20.9. The number of hydrogen-bond acceptors (Lipinski definition) is 5. The van der Waals surface area contributed by atoms with E-state index in [-0.39, 0.29) is 17.6 Å². The van der Waals surface area contributed by atoms with Crippen molar-refractivity contribution >= 4 is 42.6 Å². The molecule has 0 N–H and O–H groups in total. The Hall–Kier alpha value is -2.36. The Kier molecular flexibility index (Phi) is 5.86. The van der Waals surface area contributed by atoms with Crippen LogP contribution in [0.3, 0.4) is 0 Å². The van der Waals surface area contributed by atoms with E-state index in [1.807, 2.05) is 30.3 Å². The van der Waals surface area contributed by atoms with Crippen molar-refractivity contribution in [2.45, 2.75) is 19.4 Å². The minimum Gasteiger partial charge on any atom is -0.283 e. The standard InChI is InChI=1S/C21H22FN3O3S2/c1-30(27,28)24-11-9-16(10-12-24)20(26)25(14-15-5-3-2-4-6-15)21-23-18-8-7-17(22)13-19(18)29-21/h2-8,13,16H,9-12,14H2,1H3. The predicted molar refractivity (Wildman–Crippen MR) is 116 cm³/mol. The predicted octanol–water partition coefficient (Wildman–Crippen LogP) is 3.64. The number of piperidine rings is 1. The molecule has 1 aliphatic heterocycles. The second-order valence-corrected chi connectivity index (χ2v) is 10.4. The molecule has 1 aromatic heterocycles. The maximum atomic E-state index is 13.6. The third-order valence-corrected chi connectivity index (χ3v) is 7.64. The second kappa shape index (κ2) is 8.41. The number of hydrogen-bond donors (Lipinski definition) is 0. The summed E-state index contributed by atoms with van der Waals surface area (Å²) in [5.41, 5.74) is 1.61. The number of rotatable bonds is 5. The summed E-state index contributed by atoms with van der Waals surface area (Å²) in [6, 6.07) is 14.0. The van der Waals surface area contributed by atoms with Gasteiger partial charge in [-0.15, -0.1) is 0 Å². The lowest BCUT2D eigenvalue weighted by Gasteiger charge is -2.32. The number of aromatic nitrogens is 1. The van der Waals surface area contributed by atoms with Gasteiger partial charge in [-0.25, -0.2) is 22.1 Å². The van der Waals surface area contributed by atoms with E-state index in [1.165, 1.54) is 34.0 Å². The smallest absolute Gasteiger partial charge is 0.232 e. The van der Waals surface area contributed by atoms with E-state index >= 15 is 0 Å². The molecule has 1 saturated heterocycles. The van der Waals surface area contributed by atoms with Crippen LogP contribution in [0.5, 0.6) is 0 Å². The third-order valence-electron chi connectivity index (χ3n) is 5.29. The topological polar surface area (TPSA) is 70.6 Å². The molecule has 0 atom stereocenters. The van der Waals surface area contributed by atoms with Gasteiger partial charge in [-0.05, 0) is 36.6 Å². The average molecular weight is 448 g/mol. The van der Waals surface area contributed by atoms with Gasteiger partial charge in [0.15, 0.2) is 5.13 Å². The number of anilines is 1. The summed E-state index contributed by atoms with van der Waals surface area (Å²) in [6.07, 6.45) is 2.13. The van der Waals surface area contributed by atoms with E-state index in [0.29, 0.717) is 47.8 Å². The molecule has 0 unspecified atom stereocenters. The Balaban J connectivity index is 1.62. The van der Waals surface area contributed by atoms with Crippen LogP contribution < -0.4 is 4.90 Å². The maximum absolute atomic E-state index is 13.6. The summed E-state index contributed by atoms with van der Waals surface area (Å²) in [5, 5.41) is 0.523. The van der Waals surface area contributed by atoms with E-state index in [4.69, 9.17) is 0 Å². The van der Waals surface area contributed by atoms with Crippen LogP contribution >= 0.6 is 11.3 Å². The summed E-state index contributed by atoms with van der Waals surface area (Å²) in [5.74, 6) is -0.700. The first-order chi connectivity index (χ1) is 14.3. The van der Waals surface area contributed by atoms with Crippen molar-refractivity contribution in [2.75, 3.05) is 24.2 Å². The van der Waals surface area contributed by atoms with Crippen molar-refractivity contribution in [3.05, 3.63) is 59.9 Å². The SMILES string of the molecule is CS(=O)(=O)N1CCC(C(=O)N(Cc2ccccc2)c2nc3ccc(F)cc3s2)CC1. The molecule has 6 nitrogen and oxygen atoms in total. The van der Waals surface area contributed by atoms with Gasteiger partial charge in [-0.2, -0.15) is 0 Å². The zero-order valence-corrected chi connectivity index (χ0v) is 18.1. The number of fused-ring (bicyclic) bond motifs is 1. The molecule has 2 heterocycles. The third kappa shape index (κ3) is 4.53. The lowest BCUT2D eigenvalue weighted by Crippen LogP contribution is -2.44. The number of carbonyl (C=O) groups excluding carboxylic acids is 1. The fourth-order valence-electron chi connectivity index (χ4n) is 3.66. The zero-order valence-electron chi connectivity index (χ0n) is 16.5. The highest BCUT2D eigenvalue weighted by Gasteiger charge is 2.33. The fourth-order valence-corrected chi connectivity index (χ4v) is 5.53. The van der Waals surface area contributed by atoms with Gasteiger partial charge in [0.1, 0.15) is 5.82 Å². The minimum absolute atomic E-state index is 0.0773. The van der Waals surface area contributed by atoms with Crippen molar-refractivity contribution in [1.82, 2.24) is 9.29 Å². The Bertz CT molecular complexity index is 1160. The number of carbonyl (C=O) groups is 1. The molecular weight excluding hydrogens is 425 g/mol. The average Bonchev–Trinajstić information content (AvgIpc) is 3.14. The van der Waals surface area contributed by atoms with E-state index < -0.39 is 10.0 Å². The van der Waals surface area contributed by atoms with E-state index in [0.717, 1.165) is 5.56 Å². The lowest BCUT2D eigenvalue weighted by atomic mass is 9.96. The molecular formula is C21H22FN3O3S2. The highest BCUT2D eigenvalue weighted by molar-refractivity contribution is 7.88. The van der Waals surface area contributed by atoms with Crippen molar-refractivity contribution in [1.29, 1.82) is 0 Å². The molecule has 1 fully saturated rings. The number of benzene rings is 2. The number of sulfonamides is 1. The molecule has 30 heavy (non-hydrogen) atoms. The molecule has 1 aliphatic rings. The maximum Gasteiger partial charge on any atom is 0.232 e. The van der Waals surface area contributed by atoms with Gasteiger partial charge in [-0.3, -0.25) is 9.69 Å². The molecule has 0 spiro atoms. The highest BCUT2D eigenvalue weighted by Crippen LogP contribution is 2.32. The fraction of sp³-hybridized carbons (Fsp3) is 0.333. The second-order valence-electron chi connectivity index (χ2n) is 7.45. The number of nitrogens with zero attached hydrogens (tertiary/aromatic N) is 3. The number of halogens is 1. The zero-order chi connectivity index (χ0) is 21.3. The summed E-state index contributed by atoms with van der Waals surface area (Å²) in [7, 11) is -3.25. The van der Waals surface area contributed by atoms with Crippen LogP contribution in [0, 0.1) is 11.7 Å². The van der Waals surface area contributed by atoms with Crippen LogP contribution in [0.2, 0.25) is 0 Å². The Morgan fingerprint density at radius 1 is 1.20 bits per heavy atom. The van der Waals surface area contributed by atoms with Crippen LogP contribution in [0.4, 0.5) is 9.52 Å². The van der Waals surface area contributed by atoms with Crippen LogP contribution in [-0.2, 0) is 21.4 Å². The van der Waals surface area contributed by atoms with Gasteiger partial charge < -0.3 is 0 Å². The highest BCUT2D eigenvalue weighted by atomic mass is 32.2. The Morgan fingerprint density at radius 3 is 2.57 bits per heavy atom. The van der Waals surface area contributed by atoms with Gasteiger partial charge in [0, 0.05) is 19.0 Å². The quantitative estimate of drug-likeness (QED) is 0.599. The van der Waals surface area contributed by atoms with E-state index in [2.05, 4.69) is 4.98 Å². The number of amides is 1. The summed E-state index contributed by atoms with van der Waals surface area (Å²) in [6.45, 7) is 1.02. The summed E-state index contributed by atoms with van der Waals surface area (Å²) < 4.78 is 39.3. The molecule has 2 aromatic carbocycles. The first-order valence-corrected chi connectivity index (χ1v) is 12.3. The molecule has 3 aromatic rings. The van der Waals surface area contributed by atoms with Gasteiger partial charge in [0.05, 0.1) is 23.0 Å². The van der Waals surface area contributed by atoms with Crippen molar-refractivity contribution in [2.24, 2.45) is 5.92 Å². The van der Waals surface area contributed by atoms with E-state index in [1.54, 1.807) is 11.0 Å². The minimum atomic E-state index is -3.25. The molecule has 1 amide bonds. The van der Waals surface area contributed by atoms with Gasteiger partial charge in [0.2, 0.25) is 15.9 Å². The van der Waals surface area contributed by atoms with Gasteiger partial charge in [-0.1, -0.05) is 41.7 Å². The molecule has 4 rings (SSSR count). The Labute approximate surface area is 179 Å². The van der Waals surface area contributed by atoms with E-state index in [9.17, 15) is 17.6 Å². The first-order valence-electron chi connectivity index (χ1n) is 9.68. The monoisotopic (exact) mass is 447 g/mol. The van der Waals surface area contributed by atoms with Crippen LogP contribution in [0.15, 0.2) is 48.5 Å². The number of thiazole rings is 1. The molecule has 9 heteroatoms.